The summed E-state index contributed by atoms with van der Waals surface area (Å²) < 4.78 is 6.60. The number of ketones is 1. The summed E-state index contributed by atoms with van der Waals surface area (Å²) >= 11 is 3.37. The van der Waals surface area contributed by atoms with Gasteiger partial charge in [-0.1, -0.05) is 29.8 Å². The molecule has 1 aliphatic heterocycles. The van der Waals surface area contributed by atoms with Crippen molar-refractivity contribution in [3.63, 3.8) is 0 Å². The molecule has 1 aromatic rings. The maximum Gasteiger partial charge on any atom is 0.167 e. The largest absolute Gasteiger partial charge is 0.492 e. The summed E-state index contributed by atoms with van der Waals surface area (Å²) in [6.45, 7) is 4.68. The van der Waals surface area contributed by atoms with Gasteiger partial charge >= 0.3 is 0 Å². The summed E-state index contributed by atoms with van der Waals surface area (Å²) in [7, 11) is 0. The monoisotopic (exact) mass is 268 g/mol. The fourth-order valence-corrected chi connectivity index (χ4v) is 2.04. The van der Waals surface area contributed by atoms with Gasteiger partial charge in [0.1, 0.15) is 5.75 Å². The second-order valence-electron chi connectivity index (χ2n) is 4.69. The summed E-state index contributed by atoms with van der Waals surface area (Å²) in [6, 6.07) is 5.55. The number of Topliss-reactive ketones (excluding diaryl/α,β-unsaturated/α-hetero) is 1. The second kappa shape index (κ2) is 3.63. The lowest BCUT2D eigenvalue weighted by atomic mass is 9.87. The highest BCUT2D eigenvalue weighted by Gasteiger charge is 2.29. The molecule has 2 nitrogen and oxygen atoms in total. The van der Waals surface area contributed by atoms with Crippen molar-refractivity contribution in [1.82, 2.24) is 0 Å². The molecule has 0 fully saturated rings. The minimum atomic E-state index is -0.0808. The fraction of sp³-hybridized carbons (Fsp3) is 0.417. The van der Waals surface area contributed by atoms with Crippen LogP contribution < -0.4 is 4.74 Å². The Bertz CT molecular complexity index is 410. The first kappa shape index (κ1) is 10.7. The molecular formula is C12H13BrO2. The molecule has 1 aliphatic rings. The van der Waals surface area contributed by atoms with Crippen LogP contribution in [0.25, 0.3) is 0 Å². The molecule has 0 saturated heterocycles. The summed E-state index contributed by atoms with van der Waals surface area (Å²) in [5.74, 6) is 0.861. The number of rotatable bonds is 0. The molecule has 2 rings (SSSR count). The first-order valence-electron chi connectivity index (χ1n) is 4.93. The Morgan fingerprint density at radius 3 is 2.87 bits per heavy atom. The van der Waals surface area contributed by atoms with Crippen molar-refractivity contribution in [3.05, 3.63) is 28.2 Å². The highest BCUT2D eigenvalue weighted by Crippen LogP contribution is 2.33. The van der Waals surface area contributed by atoms with E-state index in [1.54, 1.807) is 0 Å². The third-order valence-electron chi connectivity index (χ3n) is 2.50. The van der Waals surface area contributed by atoms with Gasteiger partial charge in [0.25, 0.3) is 0 Å². The molecule has 80 valence electrons. The van der Waals surface area contributed by atoms with Crippen LogP contribution in [0.2, 0.25) is 0 Å². The molecule has 0 amide bonds. The number of hydrogen-bond donors (Lipinski definition) is 0. The third-order valence-corrected chi connectivity index (χ3v) is 2.99. The lowest BCUT2D eigenvalue weighted by Crippen LogP contribution is -2.21. The van der Waals surface area contributed by atoms with Crippen LogP contribution in [0.5, 0.6) is 5.75 Å². The summed E-state index contributed by atoms with van der Waals surface area (Å²) in [5.41, 5.74) is 0.617. The van der Waals surface area contributed by atoms with E-state index in [1.165, 1.54) is 0 Å². The molecule has 0 unspecified atom stereocenters. The number of ether oxygens (including phenoxy) is 1. The van der Waals surface area contributed by atoms with Crippen molar-refractivity contribution in [3.8, 4) is 5.75 Å². The topological polar surface area (TPSA) is 26.3 Å². The van der Waals surface area contributed by atoms with E-state index < -0.39 is 0 Å². The van der Waals surface area contributed by atoms with Gasteiger partial charge in [-0.2, -0.15) is 0 Å². The molecular weight excluding hydrogens is 256 g/mol. The van der Waals surface area contributed by atoms with Crippen molar-refractivity contribution >= 4 is 21.7 Å². The van der Waals surface area contributed by atoms with Gasteiger partial charge in [-0.15, -0.1) is 0 Å². The van der Waals surface area contributed by atoms with Crippen molar-refractivity contribution in [2.45, 2.75) is 20.3 Å². The Hall–Kier alpha value is -0.830. The van der Waals surface area contributed by atoms with Crippen molar-refractivity contribution in [1.29, 1.82) is 0 Å². The van der Waals surface area contributed by atoms with E-state index in [4.69, 9.17) is 4.74 Å². The molecule has 0 spiro atoms. The Morgan fingerprint density at radius 1 is 1.40 bits per heavy atom. The molecule has 0 aromatic heterocycles. The van der Waals surface area contributed by atoms with Crippen LogP contribution in [0.4, 0.5) is 0 Å². The van der Waals surface area contributed by atoms with Gasteiger partial charge in [-0.05, 0) is 18.2 Å². The lowest BCUT2D eigenvalue weighted by molar-refractivity contribution is 0.0918. The maximum atomic E-state index is 11.9. The van der Waals surface area contributed by atoms with Crippen LogP contribution in [-0.4, -0.2) is 12.4 Å². The van der Waals surface area contributed by atoms with E-state index in [-0.39, 0.29) is 11.2 Å². The predicted molar refractivity (Wildman–Crippen MR) is 62.4 cm³/mol. The van der Waals surface area contributed by atoms with E-state index in [9.17, 15) is 4.79 Å². The summed E-state index contributed by atoms with van der Waals surface area (Å²) in [4.78, 5) is 11.9. The Kier molecular flexibility index (Phi) is 2.59. The molecule has 0 radical (unpaired) electrons. The Morgan fingerprint density at radius 2 is 2.13 bits per heavy atom. The standard InChI is InChI=1S/C12H13BrO2/c1-12(2)6-10(14)9-4-3-8(13)5-11(9)15-7-12/h3-5H,6-7H2,1-2H3. The summed E-state index contributed by atoms with van der Waals surface area (Å²) in [6.07, 6.45) is 0.543. The van der Waals surface area contributed by atoms with E-state index in [0.29, 0.717) is 24.3 Å². The fourth-order valence-electron chi connectivity index (χ4n) is 1.70. The van der Waals surface area contributed by atoms with Crippen LogP contribution in [0.3, 0.4) is 0 Å². The number of hydrogen-bond acceptors (Lipinski definition) is 2. The van der Waals surface area contributed by atoms with Crippen LogP contribution >= 0.6 is 15.9 Å². The number of halogens is 1. The second-order valence-corrected chi connectivity index (χ2v) is 5.61. The molecule has 0 atom stereocenters. The Balaban J connectivity index is 2.44. The van der Waals surface area contributed by atoms with Gasteiger partial charge in [0.05, 0.1) is 12.2 Å². The van der Waals surface area contributed by atoms with Gasteiger partial charge in [-0.25, -0.2) is 0 Å². The summed E-state index contributed by atoms with van der Waals surface area (Å²) in [5, 5.41) is 0. The minimum absolute atomic E-state index is 0.0808. The highest BCUT2D eigenvalue weighted by atomic mass is 79.9. The average Bonchev–Trinajstić information content (AvgIpc) is 2.23. The van der Waals surface area contributed by atoms with Crippen molar-refractivity contribution < 1.29 is 9.53 Å². The number of fused-ring (bicyclic) bond motifs is 1. The third kappa shape index (κ3) is 2.23. The van der Waals surface area contributed by atoms with Gasteiger partial charge in [-0.3, -0.25) is 4.79 Å². The highest BCUT2D eigenvalue weighted by molar-refractivity contribution is 9.10. The van der Waals surface area contributed by atoms with Gasteiger partial charge in [0.15, 0.2) is 5.78 Å². The zero-order valence-corrected chi connectivity index (χ0v) is 10.4. The maximum absolute atomic E-state index is 11.9. The van der Waals surface area contributed by atoms with Gasteiger partial charge < -0.3 is 4.74 Å². The van der Waals surface area contributed by atoms with Crippen LogP contribution in [-0.2, 0) is 0 Å². The smallest absolute Gasteiger partial charge is 0.167 e. The van der Waals surface area contributed by atoms with Crippen molar-refractivity contribution in [2.75, 3.05) is 6.61 Å². The zero-order chi connectivity index (χ0) is 11.1. The predicted octanol–water partition coefficient (Wildman–Crippen LogP) is 3.44. The normalized spacial score (nSPS) is 19.0. The molecule has 0 saturated carbocycles. The number of carbonyl (C=O) groups excluding carboxylic acids is 1. The van der Waals surface area contributed by atoms with Crippen LogP contribution in [0.1, 0.15) is 30.6 Å². The average molecular weight is 269 g/mol. The van der Waals surface area contributed by atoms with Crippen LogP contribution in [0.15, 0.2) is 22.7 Å². The molecule has 3 heteroatoms. The number of benzene rings is 1. The van der Waals surface area contributed by atoms with Crippen LogP contribution in [0, 0.1) is 5.41 Å². The number of carbonyl (C=O) groups is 1. The molecule has 0 N–H and O–H groups in total. The van der Waals surface area contributed by atoms with E-state index >= 15 is 0 Å². The SMILES string of the molecule is CC1(C)COc2cc(Br)ccc2C(=O)C1. The zero-order valence-electron chi connectivity index (χ0n) is 8.84. The quantitative estimate of drug-likeness (QED) is 0.721. The molecule has 1 aromatic carbocycles. The van der Waals surface area contributed by atoms with E-state index in [0.717, 1.165) is 4.47 Å². The molecule has 0 bridgehead atoms. The Labute approximate surface area is 97.8 Å². The van der Waals surface area contributed by atoms with Crippen molar-refractivity contribution in [2.24, 2.45) is 5.41 Å². The molecule has 0 aliphatic carbocycles. The van der Waals surface area contributed by atoms with Gasteiger partial charge in [0, 0.05) is 16.3 Å². The first-order valence-corrected chi connectivity index (χ1v) is 5.73. The minimum Gasteiger partial charge on any atom is -0.492 e. The van der Waals surface area contributed by atoms with E-state index in [1.807, 2.05) is 32.0 Å². The molecule has 1 heterocycles. The van der Waals surface area contributed by atoms with Gasteiger partial charge in [0.2, 0.25) is 0 Å². The molecule has 15 heavy (non-hydrogen) atoms. The van der Waals surface area contributed by atoms with E-state index in [2.05, 4.69) is 15.9 Å². The first-order chi connectivity index (χ1) is 6.98. The lowest BCUT2D eigenvalue weighted by Gasteiger charge is -2.19.